The maximum atomic E-state index is 13.0. The maximum absolute atomic E-state index is 13.0. The quantitative estimate of drug-likeness (QED) is 0.137. The van der Waals surface area contributed by atoms with Crippen LogP contribution >= 0.6 is 8.58 Å². The van der Waals surface area contributed by atoms with Crippen molar-refractivity contribution in [1.29, 1.82) is 0 Å². The number of carbonyl (C=O) groups excluding carboxylic acids is 1. The van der Waals surface area contributed by atoms with E-state index in [4.69, 9.17) is 4.74 Å². The van der Waals surface area contributed by atoms with E-state index < -0.39 is 0 Å². The third kappa shape index (κ3) is 4.71. The minimum absolute atomic E-state index is 0.196. The molecular formula is C40H32NO2P. The van der Waals surface area contributed by atoms with Gasteiger partial charge in [-0.25, -0.2) is 4.79 Å². The maximum Gasteiger partial charge on any atom is 0.338 e. The molecule has 7 rings (SSSR count). The molecule has 214 valence electrons. The van der Waals surface area contributed by atoms with Crippen LogP contribution in [0.5, 0.6) is 0 Å². The zero-order chi connectivity index (χ0) is 30.0. The first-order valence-electron chi connectivity index (χ1n) is 14.9. The fraction of sp³-hybridized carbons (Fsp3) is 0.0750. The second kappa shape index (κ2) is 12.0. The molecule has 1 atom stereocenters. The van der Waals surface area contributed by atoms with Crippen LogP contribution in [0.3, 0.4) is 0 Å². The van der Waals surface area contributed by atoms with E-state index in [0.717, 1.165) is 23.0 Å². The van der Waals surface area contributed by atoms with Crippen molar-refractivity contribution in [3.05, 3.63) is 145 Å². The molecule has 7 aromatic rings. The Hall–Kier alpha value is -4.98. The summed E-state index contributed by atoms with van der Waals surface area (Å²) in [5.41, 5.74) is 10.1. The zero-order valence-electron chi connectivity index (χ0n) is 24.7. The molecule has 0 amide bonds. The zero-order valence-corrected chi connectivity index (χ0v) is 25.7. The topological polar surface area (TPSA) is 31.2 Å². The average Bonchev–Trinajstić information content (AvgIpc) is 3.42. The lowest BCUT2D eigenvalue weighted by Gasteiger charge is -2.24. The smallest absolute Gasteiger partial charge is 0.338 e. The molecule has 0 spiro atoms. The van der Waals surface area contributed by atoms with Crippen LogP contribution in [0.4, 0.5) is 0 Å². The van der Waals surface area contributed by atoms with Crippen molar-refractivity contribution in [3.63, 3.8) is 0 Å². The Morgan fingerprint density at radius 3 is 1.77 bits per heavy atom. The van der Waals surface area contributed by atoms with Crippen molar-refractivity contribution in [3.8, 4) is 33.4 Å². The molecule has 0 aliphatic heterocycles. The van der Waals surface area contributed by atoms with Crippen molar-refractivity contribution >= 4 is 47.0 Å². The van der Waals surface area contributed by atoms with Gasteiger partial charge in [0.15, 0.2) is 0 Å². The summed E-state index contributed by atoms with van der Waals surface area (Å²) in [5.74, 6) is -0.317. The van der Waals surface area contributed by atoms with Gasteiger partial charge in [-0.05, 0) is 51.9 Å². The Bertz CT molecular complexity index is 2120. The van der Waals surface area contributed by atoms with Crippen LogP contribution in [-0.4, -0.2) is 17.6 Å². The van der Waals surface area contributed by atoms with Crippen molar-refractivity contribution < 1.29 is 9.53 Å². The first-order chi connectivity index (χ1) is 21.7. The average molecular weight is 590 g/mol. The highest BCUT2D eigenvalue weighted by Crippen LogP contribution is 2.48. The van der Waals surface area contributed by atoms with E-state index in [9.17, 15) is 4.79 Å². The fourth-order valence-corrected chi connectivity index (χ4v) is 8.01. The highest BCUT2D eigenvalue weighted by molar-refractivity contribution is 7.56. The number of aromatic nitrogens is 1. The van der Waals surface area contributed by atoms with Gasteiger partial charge in [0.25, 0.3) is 0 Å². The minimum atomic E-state index is -0.317. The van der Waals surface area contributed by atoms with Gasteiger partial charge in [0.2, 0.25) is 0 Å². The monoisotopic (exact) mass is 589 g/mol. The summed E-state index contributed by atoms with van der Waals surface area (Å²) in [6.45, 7) is 3.06. The van der Waals surface area contributed by atoms with Crippen molar-refractivity contribution in [2.75, 3.05) is 7.11 Å². The molecule has 0 N–H and O–H groups in total. The molecule has 1 unspecified atom stereocenters. The number of ether oxygens (including phenoxy) is 1. The molecule has 3 nitrogen and oxygen atoms in total. The molecule has 0 bridgehead atoms. The number of methoxy groups -OCH3 is 1. The Morgan fingerprint density at radius 2 is 1.16 bits per heavy atom. The van der Waals surface area contributed by atoms with Crippen LogP contribution in [-0.2, 0) is 11.3 Å². The normalized spacial score (nSPS) is 11.5. The molecule has 0 saturated carbocycles. The van der Waals surface area contributed by atoms with Gasteiger partial charge in [0, 0.05) is 34.0 Å². The molecule has 1 heterocycles. The predicted molar refractivity (Wildman–Crippen MR) is 187 cm³/mol. The van der Waals surface area contributed by atoms with Gasteiger partial charge in [-0.1, -0.05) is 136 Å². The molecule has 6 aromatic carbocycles. The molecule has 0 radical (unpaired) electrons. The summed E-state index contributed by atoms with van der Waals surface area (Å²) in [6.07, 6.45) is 0. The number of esters is 1. The fourth-order valence-electron chi connectivity index (χ4n) is 6.45. The van der Waals surface area contributed by atoms with Crippen LogP contribution in [0.15, 0.2) is 140 Å². The molecule has 0 saturated heterocycles. The second-order valence-corrected chi connectivity index (χ2v) is 12.0. The number of nitrogens with zero attached hydrogens (tertiary/aromatic N) is 1. The van der Waals surface area contributed by atoms with E-state index in [1.807, 2.05) is 18.2 Å². The molecular weight excluding hydrogens is 557 g/mol. The summed E-state index contributed by atoms with van der Waals surface area (Å²) in [7, 11) is 1.65. The molecule has 44 heavy (non-hydrogen) atoms. The summed E-state index contributed by atoms with van der Waals surface area (Å²) < 4.78 is 7.72. The van der Waals surface area contributed by atoms with Gasteiger partial charge in [-0.15, -0.1) is 0 Å². The predicted octanol–water partition coefficient (Wildman–Crippen LogP) is 9.23. The number of hydrogen-bond donors (Lipinski definition) is 0. The third-order valence-corrected chi connectivity index (χ3v) is 9.76. The first kappa shape index (κ1) is 27.8. The number of carbonyl (C=O) groups is 1. The van der Waals surface area contributed by atoms with E-state index in [2.05, 4.69) is 133 Å². The lowest BCUT2D eigenvalue weighted by molar-refractivity contribution is 0.0602. The summed E-state index contributed by atoms with van der Waals surface area (Å²) in [4.78, 5) is 13.0. The number of benzene rings is 6. The van der Waals surface area contributed by atoms with Crippen LogP contribution < -0.4 is 10.6 Å². The van der Waals surface area contributed by atoms with E-state index in [1.54, 1.807) is 0 Å². The standard InChI is InChI=1S/C40H32NO2P/c1-3-41-32-25-15-13-23-30(32)37-36(29-21-11-6-12-22-29)39(44-33-26-16-14-24-31(33)40(42)43-2)35(28-19-9-5-10-20-28)34(38(37)41)27-17-7-4-8-18-27/h4-26,44H,3H2,1-2H3. The second-order valence-electron chi connectivity index (χ2n) is 10.7. The molecule has 1 aromatic heterocycles. The molecule has 0 aliphatic carbocycles. The van der Waals surface area contributed by atoms with Crippen LogP contribution in [0.1, 0.15) is 17.3 Å². The summed E-state index contributed by atoms with van der Waals surface area (Å²) in [6, 6.07) is 48.8. The SMILES string of the molecule is CCn1c2ccccc2c2c(-c3ccccc3)c(Pc3ccccc3C(=O)OC)c(-c3ccccc3)c(-c3ccccc3)c21. The number of hydrogen-bond acceptors (Lipinski definition) is 2. The van der Waals surface area contributed by atoms with Gasteiger partial charge in [-0.3, -0.25) is 0 Å². The highest BCUT2D eigenvalue weighted by Gasteiger charge is 2.28. The number of rotatable bonds is 7. The van der Waals surface area contributed by atoms with Gasteiger partial charge in [-0.2, -0.15) is 0 Å². The van der Waals surface area contributed by atoms with Crippen LogP contribution in [0.25, 0.3) is 55.2 Å². The number of fused-ring (bicyclic) bond motifs is 3. The lowest BCUT2D eigenvalue weighted by atomic mass is 9.87. The molecule has 0 fully saturated rings. The minimum Gasteiger partial charge on any atom is -0.465 e. The lowest BCUT2D eigenvalue weighted by Crippen LogP contribution is -2.18. The van der Waals surface area contributed by atoms with Gasteiger partial charge < -0.3 is 9.30 Å². The largest absolute Gasteiger partial charge is 0.465 e. The summed E-state index contributed by atoms with van der Waals surface area (Å²) in [5, 5.41) is 4.65. The number of para-hydroxylation sites is 1. The van der Waals surface area contributed by atoms with Gasteiger partial charge >= 0.3 is 5.97 Å². The Labute approximate surface area is 259 Å². The Balaban J connectivity index is 1.75. The van der Waals surface area contributed by atoms with Crippen molar-refractivity contribution in [2.45, 2.75) is 13.5 Å². The molecule has 0 aliphatic rings. The Kier molecular flexibility index (Phi) is 7.56. The molecule has 4 heteroatoms. The van der Waals surface area contributed by atoms with E-state index in [0.29, 0.717) is 5.56 Å². The van der Waals surface area contributed by atoms with E-state index in [1.165, 1.54) is 56.5 Å². The van der Waals surface area contributed by atoms with E-state index >= 15 is 0 Å². The summed E-state index contributed by atoms with van der Waals surface area (Å²) >= 11 is 0. The highest BCUT2D eigenvalue weighted by atomic mass is 31.1. The van der Waals surface area contributed by atoms with Crippen molar-refractivity contribution in [1.82, 2.24) is 4.57 Å². The number of aryl methyl sites for hydroxylation is 1. The third-order valence-electron chi connectivity index (χ3n) is 8.30. The van der Waals surface area contributed by atoms with E-state index in [-0.39, 0.29) is 14.6 Å². The van der Waals surface area contributed by atoms with Crippen LogP contribution in [0, 0.1) is 0 Å². The van der Waals surface area contributed by atoms with Crippen LogP contribution in [0.2, 0.25) is 0 Å². The van der Waals surface area contributed by atoms with Crippen molar-refractivity contribution in [2.24, 2.45) is 0 Å². The van der Waals surface area contributed by atoms with Gasteiger partial charge in [0.05, 0.1) is 18.2 Å². The van der Waals surface area contributed by atoms with Gasteiger partial charge in [0.1, 0.15) is 0 Å². The Morgan fingerprint density at radius 1 is 0.636 bits per heavy atom. The first-order valence-corrected chi connectivity index (χ1v) is 15.9.